The lowest BCUT2D eigenvalue weighted by Crippen LogP contribution is -2.69. The first-order valence-corrected chi connectivity index (χ1v) is 9.89. The molecule has 8 nitrogen and oxygen atoms in total. The van der Waals surface area contributed by atoms with E-state index in [0.29, 0.717) is 16.5 Å². The van der Waals surface area contributed by atoms with E-state index in [-0.39, 0.29) is 30.4 Å². The second-order valence-corrected chi connectivity index (χ2v) is 7.79. The first-order valence-electron chi connectivity index (χ1n) is 9.51. The second kappa shape index (κ2) is 7.50. The van der Waals surface area contributed by atoms with E-state index in [4.69, 9.17) is 16.3 Å². The fourth-order valence-electron chi connectivity index (χ4n) is 4.46. The third-order valence-corrected chi connectivity index (χ3v) is 6.01. The molecule has 1 saturated carbocycles. The summed E-state index contributed by atoms with van der Waals surface area (Å²) in [5.41, 5.74) is 3.49. The second-order valence-electron chi connectivity index (χ2n) is 7.38. The monoisotopic (exact) mass is 405 g/mol. The van der Waals surface area contributed by atoms with Crippen molar-refractivity contribution in [2.24, 2.45) is 5.10 Å². The molecule has 4 rings (SSSR count). The topological polar surface area (TPSA) is 86.3 Å². The fraction of sp³-hybridized carbons (Fsp3) is 0.526. The van der Waals surface area contributed by atoms with E-state index in [1.165, 1.54) is 7.11 Å². The van der Waals surface area contributed by atoms with Gasteiger partial charge in [-0.3, -0.25) is 15.0 Å². The number of piperazine rings is 1. The smallest absolute Gasteiger partial charge is 0.268 e. The third-order valence-electron chi connectivity index (χ3n) is 5.72. The van der Waals surface area contributed by atoms with Gasteiger partial charge in [0.25, 0.3) is 5.91 Å². The number of carbonyl (C=O) groups is 2. The minimum atomic E-state index is -0.511. The number of amidine groups is 1. The van der Waals surface area contributed by atoms with E-state index in [0.717, 1.165) is 31.5 Å². The third kappa shape index (κ3) is 3.26. The Balaban J connectivity index is 1.49. The van der Waals surface area contributed by atoms with Crippen LogP contribution in [0.3, 0.4) is 0 Å². The summed E-state index contributed by atoms with van der Waals surface area (Å²) in [5.74, 6) is 1.03. The molecule has 1 aromatic carbocycles. The molecule has 2 amide bonds. The minimum absolute atomic E-state index is 0.00865. The summed E-state index contributed by atoms with van der Waals surface area (Å²) in [7, 11) is 1.54. The van der Waals surface area contributed by atoms with Crippen molar-refractivity contribution in [3.8, 4) is 5.75 Å². The number of hydrazone groups is 1. The van der Waals surface area contributed by atoms with Crippen molar-refractivity contribution in [3.05, 3.63) is 23.2 Å². The van der Waals surface area contributed by atoms with E-state index in [1.807, 2.05) is 6.92 Å². The molecule has 28 heavy (non-hydrogen) atoms. The summed E-state index contributed by atoms with van der Waals surface area (Å²) < 4.78 is 5.13. The fourth-order valence-corrected chi connectivity index (χ4v) is 4.72. The summed E-state index contributed by atoms with van der Waals surface area (Å²) in [6, 6.07) is 5.27. The molecular formula is C19H24ClN5O3. The van der Waals surface area contributed by atoms with Crippen molar-refractivity contribution >= 4 is 34.9 Å². The summed E-state index contributed by atoms with van der Waals surface area (Å²) in [4.78, 5) is 29.5. The standard InChI is InChI=1S/C19H24ClN5O3/c1-11-22-23-18-19(27)24(14-5-3-4-6-15(14)25(11)18)10-17(26)21-12-7-8-16(28-2)13(20)9-12/h7-9,14-15,18,23H,3-6,10H2,1-2H3,(H,21,26). The van der Waals surface area contributed by atoms with E-state index >= 15 is 0 Å². The normalized spacial score (nSPS) is 26.2. The van der Waals surface area contributed by atoms with Crippen molar-refractivity contribution in [2.75, 3.05) is 19.0 Å². The zero-order valence-corrected chi connectivity index (χ0v) is 16.7. The predicted octanol–water partition coefficient (Wildman–Crippen LogP) is 2.01. The maximum Gasteiger partial charge on any atom is 0.268 e. The van der Waals surface area contributed by atoms with Crippen LogP contribution in [0.2, 0.25) is 5.02 Å². The summed E-state index contributed by atoms with van der Waals surface area (Å²) in [6.45, 7) is 1.93. The van der Waals surface area contributed by atoms with Gasteiger partial charge in [-0.2, -0.15) is 5.10 Å². The van der Waals surface area contributed by atoms with Crippen molar-refractivity contribution in [1.82, 2.24) is 15.2 Å². The number of rotatable bonds is 4. The lowest BCUT2D eigenvalue weighted by Gasteiger charge is -2.50. The molecule has 2 heterocycles. The number of ether oxygens (including phenoxy) is 1. The van der Waals surface area contributed by atoms with Crippen LogP contribution < -0.4 is 15.5 Å². The Morgan fingerprint density at radius 1 is 1.36 bits per heavy atom. The van der Waals surface area contributed by atoms with Gasteiger partial charge in [0, 0.05) is 5.69 Å². The van der Waals surface area contributed by atoms with Crippen LogP contribution in [0, 0.1) is 0 Å². The molecule has 2 aliphatic heterocycles. The summed E-state index contributed by atoms with van der Waals surface area (Å²) in [6.07, 6.45) is 3.56. The van der Waals surface area contributed by atoms with Crippen molar-refractivity contribution < 1.29 is 14.3 Å². The number of nitrogens with zero attached hydrogens (tertiary/aromatic N) is 3. The number of halogens is 1. The van der Waals surface area contributed by atoms with Crippen molar-refractivity contribution in [1.29, 1.82) is 0 Å². The number of fused-ring (bicyclic) bond motifs is 3. The molecule has 3 unspecified atom stereocenters. The number of methoxy groups -OCH3 is 1. The molecule has 1 aromatic rings. The van der Waals surface area contributed by atoms with Crippen LogP contribution in [-0.2, 0) is 9.59 Å². The van der Waals surface area contributed by atoms with Gasteiger partial charge in [-0.15, -0.1) is 0 Å². The van der Waals surface area contributed by atoms with Gasteiger partial charge in [0.2, 0.25) is 5.91 Å². The van der Waals surface area contributed by atoms with Crippen LogP contribution in [0.5, 0.6) is 5.75 Å². The van der Waals surface area contributed by atoms with Crippen LogP contribution in [0.1, 0.15) is 32.6 Å². The summed E-state index contributed by atoms with van der Waals surface area (Å²) >= 11 is 6.13. The highest BCUT2D eigenvalue weighted by Crippen LogP contribution is 2.34. The number of benzene rings is 1. The van der Waals surface area contributed by atoms with Gasteiger partial charge in [-0.1, -0.05) is 24.4 Å². The Morgan fingerprint density at radius 3 is 2.82 bits per heavy atom. The number of amides is 2. The van der Waals surface area contributed by atoms with Gasteiger partial charge >= 0.3 is 0 Å². The molecule has 1 saturated heterocycles. The van der Waals surface area contributed by atoms with Gasteiger partial charge in [0.15, 0.2) is 6.17 Å². The largest absolute Gasteiger partial charge is 0.495 e. The van der Waals surface area contributed by atoms with Crippen LogP contribution in [-0.4, -0.2) is 59.4 Å². The molecule has 0 spiro atoms. The average molecular weight is 406 g/mol. The van der Waals surface area contributed by atoms with Gasteiger partial charge in [-0.05, 0) is 38.0 Å². The van der Waals surface area contributed by atoms with Crippen molar-refractivity contribution in [2.45, 2.75) is 50.9 Å². The minimum Gasteiger partial charge on any atom is -0.495 e. The number of hydrogen-bond donors (Lipinski definition) is 2. The lowest BCUT2D eigenvalue weighted by atomic mass is 9.85. The molecule has 1 aliphatic carbocycles. The first-order chi connectivity index (χ1) is 13.5. The highest BCUT2D eigenvalue weighted by atomic mass is 35.5. The molecule has 2 fully saturated rings. The number of carbonyl (C=O) groups excluding carboxylic acids is 2. The Hall–Kier alpha value is -2.48. The Kier molecular flexibility index (Phi) is 5.05. The van der Waals surface area contributed by atoms with Gasteiger partial charge in [0.1, 0.15) is 18.1 Å². The molecule has 0 bridgehead atoms. The van der Waals surface area contributed by atoms with E-state index in [2.05, 4.69) is 20.7 Å². The Bertz CT molecular complexity index is 830. The van der Waals surface area contributed by atoms with Crippen LogP contribution in [0.25, 0.3) is 0 Å². The van der Waals surface area contributed by atoms with Gasteiger partial charge in [0.05, 0.1) is 24.2 Å². The van der Waals surface area contributed by atoms with Gasteiger partial charge < -0.3 is 19.9 Å². The van der Waals surface area contributed by atoms with E-state index in [1.54, 1.807) is 23.1 Å². The maximum absolute atomic E-state index is 13.1. The Labute approximate surface area is 168 Å². The van der Waals surface area contributed by atoms with E-state index < -0.39 is 6.17 Å². The highest BCUT2D eigenvalue weighted by molar-refractivity contribution is 6.32. The van der Waals surface area contributed by atoms with E-state index in [9.17, 15) is 9.59 Å². The van der Waals surface area contributed by atoms with Crippen molar-refractivity contribution in [3.63, 3.8) is 0 Å². The number of anilines is 1. The Morgan fingerprint density at radius 2 is 2.11 bits per heavy atom. The zero-order valence-electron chi connectivity index (χ0n) is 15.9. The lowest BCUT2D eigenvalue weighted by molar-refractivity contribution is -0.151. The molecule has 3 atom stereocenters. The molecule has 150 valence electrons. The molecule has 3 aliphatic rings. The molecule has 9 heteroatoms. The maximum atomic E-state index is 13.1. The van der Waals surface area contributed by atoms with Crippen LogP contribution >= 0.6 is 11.6 Å². The average Bonchev–Trinajstić information content (AvgIpc) is 3.07. The number of nitrogens with one attached hydrogen (secondary N) is 2. The number of hydrogen-bond acceptors (Lipinski definition) is 6. The SMILES string of the molecule is COc1ccc(NC(=O)CN2C(=O)C3NN=C(C)N3C3CCCCC32)cc1Cl. The highest BCUT2D eigenvalue weighted by Gasteiger charge is 2.50. The predicted molar refractivity (Wildman–Crippen MR) is 106 cm³/mol. The molecule has 0 aromatic heterocycles. The summed E-state index contributed by atoms with van der Waals surface area (Å²) in [5, 5.41) is 7.49. The molecule has 0 radical (unpaired) electrons. The molecule has 2 N–H and O–H groups in total. The van der Waals surface area contributed by atoms with Gasteiger partial charge in [-0.25, -0.2) is 0 Å². The zero-order chi connectivity index (χ0) is 19.8. The van der Waals surface area contributed by atoms with Crippen LogP contribution in [0.15, 0.2) is 23.3 Å². The first kappa shape index (κ1) is 18.9. The molecular weight excluding hydrogens is 382 g/mol. The quantitative estimate of drug-likeness (QED) is 0.800. The van der Waals surface area contributed by atoms with Crippen LogP contribution in [0.4, 0.5) is 5.69 Å².